The van der Waals surface area contributed by atoms with E-state index in [9.17, 15) is 0 Å². The zero-order valence-corrected chi connectivity index (χ0v) is 21.7. The Hall–Kier alpha value is -2.98. The van der Waals surface area contributed by atoms with Crippen molar-refractivity contribution in [2.45, 2.75) is 25.7 Å². The molecule has 0 unspecified atom stereocenters. The van der Waals surface area contributed by atoms with E-state index in [0.717, 1.165) is 25.7 Å². The molecule has 3 aromatic heterocycles. The summed E-state index contributed by atoms with van der Waals surface area (Å²) in [5.74, 6) is 0. The van der Waals surface area contributed by atoms with Crippen LogP contribution in [-0.4, -0.2) is 0 Å². The highest BCUT2D eigenvalue weighted by Crippen LogP contribution is 2.42. The van der Waals surface area contributed by atoms with Crippen molar-refractivity contribution in [2.75, 3.05) is 0 Å². The predicted molar refractivity (Wildman–Crippen MR) is 158 cm³/mol. The van der Waals surface area contributed by atoms with Crippen LogP contribution in [-0.2, 0) is 25.7 Å². The van der Waals surface area contributed by atoms with Gasteiger partial charge in [0.1, 0.15) is 0 Å². The lowest BCUT2D eigenvalue weighted by molar-refractivity contribution is 0.982. The van der Waals surface area contributed by atoms with Gasteiger partial charge in [-0.15, -0.1) is 34.0 Å². The molecule has 4 aromatic carbocycles. The summed E-state index contributed by atoms with van der Waals surface area (Å²) in [7, 11) is 0. The second-order valence-corrected chi connectivity index (χ2v) is 12.7. The van der Waals surface area contributed by atoms with E-state index < -0.39 is 0 Å². The zero-order chi connectivity index (χ0) is 23.2. The minimum Gasteiger partial charge on any atom is -0.140 e. The van der Waals surface area contributed by atoms with E-state index in [0.29, 0.717) is 0 Å². The fourth-order valence-electron chi connectivity index (χ4n) is 5.03. The largest absolute Gasteiger partial charge is 0.140 e. The van der Waals surface area contributed by atoms with Crippen LogP contribution in [0, 0.1) is 0 Å². The van der Waals surface area contributed by atoms with Crippen LogP contribution in [0.3, 0.4) is 0 Å². The van der Waals surface area contributed by atoms with Crippen molar-refractivity contribution in [1.82, 2.24) is 0 Å². The van der Waals surface area contributed by atoms with Gasteiger partial charge in [-0.05, 0) is 84.0 Å². The quantitative estimate of drug-likeness (QED) is 0.211. The van der Waals surface area contributed by atoms with Crippen LogP contribution >= 0.6 is 34.0 Å². The minimum absolute atomic E-state index is 1.10. The number of benzene rings is 4. The molecule has 35 heavy (non-hydrogen) atoms. The molecule has 0 aliphatic carbocycles. The number of hydrogen-bond donors (Lipinski definition) is 0. The van der Waals surface area contributed by atoms with Crippen molar-refractivity contribution >= 4 is 74.4 Å². The Labute approximate surface area is 217 Å². The van der Waals surface area contributed by atoms with Crippen molar-refractivity contribution in [3.8, 4) is 0 Å². The zero-order valence-electron chi connectivity index (χ0n) is 19.3. The summed E-state index contributed by atoms with van der Waals surface area (Å²) in [6, 6.07) is 36.2. The molecular formula is C32H24S3. The summed E-state index contributed by atoms with van der Waals surface area (Å²) in [6.07, 6.45) is 4.43. The van der Waals surface area contributed by atoms with E-state index in [4.69, 9.17) is 0 Å². The monoisotopic (exact) mass is 504 g/mol. The molecule has 3 heteroatoms. The molecule has 170 valence electrons. The molecule has 0 saturated heterocycles. The third-order valence-corrected chi connectivity index (χ3v) is 10.3. The third-order valence-electron chi connectivity index (χ3n) is 6.85. The van der Waals surface area contributed by atoms with Gasteiger partial charge in [0.2, 0.25) is 0 Å². The molecule has 0 atom stereocenters. The van der Waals surface area contributed by atoms with Crippen LogP contribution < -0.4 is 0 Å². The molecule has 3 heterocycles. The van der Waals surface area contributed by atoms with Crippen molar-refractivity contribution in [1.29, 1.82) is 0 Å². The van der Waals surface area contributed by atoms with Crippen LogP contribution in [0.5, 0.6) is 0 Å². The van der Waals surface area contributed by atoms with E-state index in [-0.39, 0.29) is 0 Å². The first-order valence-electron chi connectivity index (χ1n) is 12.2. The smallest absolute Gasteiger partial charge is 0.0369 e. The van der Waals surface area contributed by atoms with Gasteiger partial charge >= 0.3 is 0 Å². The Morgan fingerprint density at radius 3 is 1.31 bits per heavy atom. The Morgan fingerprint density at radius 2 is 0.857 bits per heavy atom. The van der Waals surface area contributed by atoms with E-state index in [1.807, 2.05) is 34.0 Å². The van der Waals surface area contributed by atoms with Crippen molar-refractivity contribution in [3.05, 3.63) is 118 Å². The summed E-state index contributed by atoms with van der Waals surface area (Å²) in [6.45, 7) is 0. The molecule has 0 fully saturated rings. The van der Waals surface area contributed by atoms with Crippen LogP contribution in [0.25, 0.3) is 40.3 Å². The highest BCUT2D eigenvalue weighted by atomic mass is 32.1. The maximum atomic E-state index is 2.43. The molecule has 0 spiro atoms. The molecule has 0 nitrogen and oxygen atoms in total. The Kier molecular flexibility index (Phi) is 5.42. The second-order valence-electron chi connectivity index (χ2n) is 9.27. The first kappa shape index (κ1) is 21.3. The SMILES string of the molecule is c1ccc(CCc2cc3cc4c(cc3s2)sc2cc3sc(CCc5ccccc5)cc3cc24)cc1. The van der Waals surface area contributed by atoms with Crippen LogP contribution in [0.15, 0.2) is 97.1 Å². The lowest BCUT2D eigenvalue weighted by Gasteiger charge is -1.98. The molecular weight excluding hydrogens is 481 g/mol. The Balaban J connectivity index is 1.20. The number of fused-ring (bicyclic) bond motifs is 5. The molecule has 7 rings (SSSR count). The Bertz CT molecular complexity index is 1650. The van der Waals surface area contributed by atoms with Gasteiger partial charge in [-0.2, -0.15) is 0 Å². The fourth-order valence-corrected chi connectivity index (χ4v) is 8.49. The molecule has 0 aliphatic rings. The van der Waals surface area contributed by atoms with Crippen molar-refractivity contribution in [2.24, 2.45) is 0 Å². The van der Waals surface area contributed by atoms with Gasteiger partial charge in [0, 0.05) is 39.3 Å². The standard InChI is InChI=1S/C32H24S3/c1-3-7-21(8-4-1)11-13-25-15-23-17-27-28-18-24-16-26(14-12-22-9-5-2-6-10-22)34-30(24)20-32(28)35-31(27)19-29(23)33-25/h1-10,15-20H,11-14H2. The summed E-state index contributed by atoms with van der Waals surface area (Å²) < 4.78 is 5.64. The average molecular weight is 505 g/mol. The highest BCUT2D eigenvalue weighted by molar-refractivity contribution is 7.27. The minimum atomic E-state index is 1.10. The van der Waals surface area contributed by atoms with E-state index >= 15 is 0 Å². The molecule has 0 N–H and O–H groups in total. The van der Waals surface area contributed by atoms with Crippen LogP contribution in [0.2, 0.25) is 0 Å². The second kappa shape index (κ2) is 8.91. The lowest BCUT2D eigenvalue weighted by atomic mass is 10.1. The van der Waals surface area contributed by atoms with Gasteiger partial charge in [-0.1, -0.05) is 60.7 Å². The summed E-state index contributed by atoms with van der Waals surface area (Å²) in [5, 5.41) is 5.59. The maximum Gasteiger partial charge on any atom is 0.0369 e. The van der Waals surface area contributed by atoms with Gasteiger partial charge in [-0.25, -0.2) is 0 Å². The summed E-state index contributed by atoms with van der Waals surface area (Å²) >= 11 is 5.86. The topological polar surface area (TPSA) is 0 Å². The average Bonchev–Trinajstić information content (AvgIpc) is 3.58. The van der Waals surface area contributed by atoms with Gasteiger partial charge in [-0.3, -0.25) is 0 Å². The maximum absolute atomic E-state index is 2.43. The summed E-state index contributed by atoms with van der Waals surface area (Å²) in [4.78, 5) is 2.96. The molecule has 0 bridgehead atoms. The van der Waals surface area contributed by atoms with E-state index in [1.165, 1.54) is 61.2 Å². The molecule has 0 saturated carbocycles. The first-order chi connectivity index (χ1) is 17.3. The number of thiophene rings is 3. The van der Waals surface area contributed by atoms with Crippen LogP contribution in [0.4, 0.5) is 0 Å². The van der Waals surface area contributed by atoms with E-state index in [1.54, 1.807) is 0 Å². The van der Waals surface area contributed by atoms with Crippen molar-refractivity contribution < 1.29 is 0 Å². The van der Waals surface area contributed by atoms with Gasteiger partial charge in [0.15, 0.2) is 0 Å². The molecule has 0 aliphatic heterocycles. The summed E-state index contributed by atoms with van der Waals surface area (Å²) in [5.41, 5.74) is 2.83. The molecule has 0 radical (unpaired) electrons. The highest BCUT2D eigenvalue weighted by Gasteiger charge is 2.12. The number of aryl methyl sites for hydroxylation is 4. The molecule has 0 amide bonds. The fraction of sp³-hybridized carbons (Fsp3) is 0.125. The van der Waals surface area contributed by atoms with Crippen molar-refractivity contribution in [3.63, 3.8) is 0 Å². The van der Waals surface area contributed by atoms with Gasteiger partial charge in [0.25, 0.3) is 0 Å². The number of rotatable bonds is 6. The Morgan fingerprint density at radius 1 is 0.400 bits per heavy atom. The van der Waals surface area contributed by atoms with Gasteiger partial charge in [0.05, 0.1) is 0 Å². The van der Waals surface area contributed by atoms with E-state index in [2.05, 4.69) is 97.1 Å². The predicted octanol–water partition coefficient (Wildman–Crippen LogP) is 10.1. The number of hydrogen-bond acceptors (Lipinski definition) is 3. The molecule has 7 aromatic rings. The first-order valence-corrected chi connectivity index (χ1v) is 14.6. The third kappa shape index (κ3) is 4.18. The lowest BCUT2D eigenvalue weighted by Crippen LogP contribution is -1.87. The normalized spacial score (nSPS) is 11.9. The van der Waals surface area contributed by atoms with Crippen LogP contribution in [0.1, 0.15) is 20.9 Å². The van der Waals surface area contributed by atoms with Gasteiger partial charge < -0.3 is 0 Å².